The van der Waals surface area contributed by atoms with Gasteiger partial charge in [-0.3, -0.25) is 9.78 Å². The molecule has 1 saturated heterocycles. The van der Waals surface area contributed by atoms with E-state index in [0.717, 1.165) is 17.3 Å². The fraction of sp³-hybridized carbons (Fsp3) is 0.444. The lowest BCUT2D eigenvalue weighted by Gasteiger charge is -2.24. The molecule has 3 N–H and O–H groups in total. The molecule has 5 nitrogen and oxygen atoms in total. The van der Waals surface area contributed by atoms with Gasteiger partial charge in [0.2, 0.25) is 5.91 Å². The van der Waals surface area contributed by atoms with Gasteiger partial charge in [-0.05, 0) is 38.0 Å². The molecule has 1 fully saturated rings. The van der Waals surface area contributed by atoms with Crippen molar-refractivity contribution in [3.05, 3.63) is 42.1 Å². The minimum absolute atomic E-state index is 0. The minimum Gasteiger partial charge on any atom is -0.379 e. The van der Waals surface area contributed by atoms with Crippen molar-refractivity contribution in [1.29, 1.82) is 0 Å². The lowest BCUT2D eigenvalue weighted by molar-refractivity contribution is -0.126. The molecule has 138 valence electrons. The highest BCUT2D eigenvalue weighted by Gasteiger charge is 2.33. The van der Waals surface area contributed by atoms with E-state index in [1.54, 1.807) is 13.8 Å². The summed E-state index contributed by atoms with van der Waals surface area (Å²) in [6, 6.07) is 10.2. The highest BCUT2D eigenvalue weighted by atomic mass is 35.5. The first-order valence-corrected chi connectivity index (χ1v) is 7.95. The van der Waals surface area contributed by atoms with Crippen molar-refractivity contribution in [1.82, 2.24) is 10.3 Å². The predicted molar refractivity (Wildman–Crippen MR) is 104 cm³/mol. The van der Waals surface area contributed by atoms with Gasteiger partial charge in [0.25, 0.3) is 0 Å². The van der Waals surface area contributed by atoms with Gasteiger partial charge in [0.05, 0.1) is 30.3 Å². The lowest BCUT2D eigenvalue weighted by atomic mass is 9.92. The molecule has 0 bridgehead atoms. The summed E-state index contributed by atoms with van der Waals surface area (Å²) >= 11 is 0. The van der Waals surface area contributed by atoms with Crippen molar-refractivity contribution in [2.45, 2.75) is 31.8 Å². The Morgan fingerprint density at radius 3 is 2.72 bits per heavy atom. The molecule has 1 aromatic carbocycles. The number of para-hydroxylation sites is 1. The van der Waals surface area contributed by atoms with Gasteiger partial charge in [0, 0.05) is 17.5 Å². The van der Waals surface area contributed by atoms with Crippen LogP contribution in [0, 0.1) is 5.92 Å². The Labute approximate surface area is 160 Å². The number of pyridine rings is 1. The average Bonchev–Trinajstić information content (AvgIpc) is 2.94. The fourth-order valence-electron chi connectivity index (χ4n) is 2.93. The third-order valence-corrected chi connectivity index (χ3v) is 4.32. The number of rotatable bonds is 4. The molecule has 2 aromatic rings. The number of nitrogens with two attached hydrogens (primary N) is 1. The molecule has 7 heteroatoms. The quantitative estimate of drug-likeness (QED) is 0.847. The molecule has 1 aliphatic rings. The number of hydrogen-bond acceptors (Lipinski definition) is 4. The smallest absolute Gasteiger partial charge is 0.239 e. The van der Waals surface area contributed by atoms with Crippen LogP contribution in [-0.2, 0) is 16.0 Å². The van der Waals surface area contributed by atoms with Crippen LogP contribution in [0.15, 0.2) is 36.5 Å². The molecule has 2 heterocycles. The van der Waals surface area contributed by atoms with E-state index in [1.807, 2.05) is 30.5 Å². The summed E-state index contributed by atoms with van der Waals surface area (Å²) < 4.78 is 5.60. The SMILES string of the molecule is CC(C)(N)C(=O)N[C@H]1COC[C@H]1Cc1ccnc2ccccc12.Cl.Cl. The maximum absolute atomic E-state index is 12.1. The number of fused-ring (bicyclic) bond motifs is 1. The number of hydrogen-bond donors (Lipinski definition) is 2. The van der Waals surface area contributed by atoms with Crippen LogP contribution in [0.1, 0.15) is 19.4 Å². The predicted octanol–water partition coefficient (Wildman–Crippen LogP) is 2.49. The molecule has 0 saturated carbocycles. The van der Waals surface area contributed by atoms with Crippen LogP contribution >= 0.6 is 24.8 Å². The zero-order chi connectivity index (χ0) is 16.4. The second-order valence-corrected chi connectivity index (χ2v) is 6.79. The molecule has 1 aromatic heterocycles. The first kappa shape index (κ1) is 21.6. The molecule has 0 radical (unpaired) electrons. The van der Waals surface area contributed by atoms with E-state index in [-0.39, 0.29) is 42.7 Å². The van der Waals surface area contributed by atoms with Crippen molar-refractivity contribution in [2.75, 3.05) is 13.2 Å². The van der Waals surface area contributed by atoms with Gasteiger partial charge in [-0.25, -0.2) is 0 Å². The van der Waals surface area contributed by atoms with Gasteiger partial charge in [0.15, 0.2) is 0 Å². The second-order valence-electron chi connectivity index (χ2n) is 6.79. The summed E-state index contributed by atoms with van der Waals surface area (Å²) in [7, 11) is 0. The third kappa shape index (κ3) is 5.05. The number of ether oxygens (including phenoxy) is 1. The zero-order valence-electron chi connectivity index (χ0n) is 14.4. The Kier molecular flexibility index (Phi) is 7.62. The third-order valence-electron chi connectivity index (χ3n) is 4.32. The summed E-state index contributed by atoms with van der Waals surface area (Å²) in [5.74, 6) is 0.102. The van der Waals surface area contributed by atoms with E-state index in [9.17, 15) is 4.79 Å². The molecule has 1 amide bonds. The van der Waals surface area contributed by atoms with Crippen LogP contribution in [0.2, 0.25) is 0 Å². The summed E-state index contributed by atoms with van der Waals surface area (Å²) in [6.45, 7) is 4.61. The molecule has 0 unspecified atom stereocenters. The van der Waals surface area contributed by atoms with E-state index < -0.39 is 5.54 Å². The Morgan fingerprint density at radius 1 is 1.28 bits per heavy atom. The standard InChI is InChI=1S/C18H23N3O2.2ClH/c1-18(2,19)17(22)21-16-11-23-10-13(16)9-12-7-8-20-15-6-4-3-5-14(12)15;;/h3-8,13,16H,9-11,19H2,1-2H3,(H,21,22);2*1H/t13-,16+;;/m1../s1. The second kappa shape index (κ2) is 8.81. The van der Waals surface area contributed by atoms with Gasteiger partial charge in [-0.15, -0.1) is 24.8 Å². The first-order valence-electron chi connectivity index (χ1n) is 7.95. The van der Waals surface area contributed by atoms with E-state index in [1.165, 1.54) is 5.56 Å². The maximum atomic E-state index is 12.1. The maximum Gasteiger partial charge on any atom is 0.239 e. The zero-order valence-corrected chi connectivity index (χ0v) is 16.0. The highest BCUT2D eigenvalue weighted by Crippen LogP contribution is 2.24. The lowest BCUT2D eigenvalue weighted by Crippen LogP contribution is -2.53. The van der Waals surface area contributed by atoms with Gasteiger partial charge < -0.3 is 15.8 Å². The first-order chi connectivity index (χ1) is 10.9. The molecule has 3 rings (SSSR count). The highest BCUT2D eigenvalue weighted by molar-refractivity contribution is 5.86. The van der Waals surface area contributed by atoms with Crippen LogP contribution in [0.3, 0.4) is 0 Å². The number of nitrogens with zero attached hydrogens (tertiary/aromatic N) is 1. The topological polar surface area (TPSA) is 77.2 Å². The van der Waals surface area contributed by atoms with E-state index >= 15 is 0 Å². The van der Waals surface area contributed by atoms with Crippen molar-refractivity contribution < 1.29 is 9.53 Å². The van der Waals surface area contributed by atoms with Crippen molar-refractivity contribution in [2.24, 2.45) is 11.7 Å². The molecule has 0 spiro atoms. The molecule has 2 atom stereocenters. The number of carbonyl (C=O) groups excluding carboxylic acids is 1. The number of halogens is 2. The fourth-order valence-corrected chi connectivity index (χ4v) is 2.93. The average molecular weight is 386 g/mol. The number of amides is 1. The minimum atomic E-state index is -0.878. The van der Waals surface area contributed by atoms with E-state index in [0.29, 0.717) is 13.2 Å². The van der Waals surface area contributed by atoms with Crippen LogP contribution < -0.4 is 11.1 Å². The van der Waals surface area contributed by atoms with Crippen LogP contribution in [0.4, 0.5) is 0 Å². The summed E-state index contributed by atoms with van der Waals surface area (Å²) in [4.78, 5) is 16.5. The normalized spacial score (nSPS) is 19.8. The number of benzene rings is 1. The number of carbonyl (C=O) groups is 1. The molecule has 25 heavy (non-hydrogen) atoms. The van der Waals surface area contributed by atoms with E-state index in [2.05, 4.69) is 16.4 Å². The van der Waals surface area contributed by atoms with Crippen molar-refractivity contribution in [3.8, 4) is 0 Å². The summed E-state index contributed by atoms with van der Waals surface area (Å²) in [5.41, 5.74) is 7.22. The Balaban J connectivity index is 0.00000156. The molecule has 1 aliphatic heterocycles. The Morgan fingerprint density at radius 2 is 2.00 bits per heavy atom. The Bertz CT molecular complexity index is 714. The monoisotopic (exact) mass is 385 g/mol. The van der Waals surface area contributed by atoms with Crippen LogP contribution in [-0.4, -0.2) is 35.7 Å². The van der Waals surface area contributed by atoms with Gasteiger partial charge in [-0.1, -0.05) is 18.2 Å². The number of nitrogens with one attached hydrogen (secondary N) is 1. The summed E-state index contributed by atoms with van der Waals surface area (Å²) in [6.07, 6.45) is 2.68. The summed E-state index contributed by atoms with van der Waals surface area (Å²) in [5, 5.41) is 4.19. The Hall–Kier alpha value is -1.40. The van der Waals surface area contributed by atoms with E-state index in [4.69, 9.17) is 10.5 Å². The van der Waals surface area contributed by atoms with Crippen molar-refractivity contribution >= 4 is 41.6 Å². The van der Waals surface area contributed by atoms with Gasteiger partial charge in [-0.2, -0.15) is 0 Å². The van der Waals surface area contributed by atoms with Crippen LogP contribution in [0.5, 0.6) is 0 Å². The largest absolute Gasteiger partial charge is 0.379 e. The van der Waals surface area contributed by atoms with Gasteiger partial charge in [0.1, 0.15) is 0 Å². The van der Waals surface area contributed by atoms with Gasteiger partial charge >= 0.3 is 0 Å². The molecular weight excluding hydrogens is 361 g/mol. The molecule has 0 aliphatic carbocycles. The van der Waals surface area contributed by atoms with Crippen molar-refractivity contribution in [3.63, 3.8) is 0 Å². The van der Waals surface area contributed by atoms with Crippen LogP contribution in [0.25, 0.3) is 10.9 Å². The molecular formula is C18H25Cl2N3O2. The number of aromatic nitrogens is 1.